The van der Waals surface area contributed by atoms with Gasteiger partial charge < -0.3 is 15.2 Å². The number of methoxy groups -OCH3 is 2. The van der Waals surface area contributed by atoms with Crippen LogP contribution in [0.25, 0.3) is 0 Å². The summed E-state index contributed by atoms with van der Waals surface area (Å²) in [5.74, 6) is 3.37. The van der Waals surface area contributed by atoms with Crippen LogP contribution in [0.2, 0.25) is 0 Å². The fourth-order valence-electron chi connectivity index (χ4n) is 2.79. The van der Waals surface area contributed by atoms with Crippen molar-refractivity contribution in [3.05, 3.63) is 23.8 Å². The van der Waals surface area contributed by atoms with Crippen LogP contribution in [0.1, 0.15) is 24.9 Å². The van der Waals surface area contributed by atoms with Crippen molar-refractivity contribution in [2.75, 3.05) is 34.4 Å². The fourth-order valence-corrected chi connectivity index (χ4v) is 2.79. The van der Waals surface area contributed by atoms with Gasteiger partial charge in [-0.1, -0.05) is 6.92 Å². The van der Waals surface area contributed by atoms with Crippen LogP contribution in [0.4, 0.5) is 0 Å². The monoisotopic (exact) mass is 278 g/mol. The van der Waals surface area contributed by atoms with E-state index in [0.717, 1.165) is 35.4 Å². The van der Waals surface area contributed by atoms with Crippen LogP contribution < -0.4 is 15.2 Å². The maximum absolute atomic E-state index is 6.01. The zero-order valence-electron chi connectivity index (χ0n) is 12.9. The van der Waals surface area contributed by atoms with E-state index in [-0.39, 0.29) is 6.04 Å². The lowest BCUT2D eigenvalue weighted by Crippen LogP contribution is -2.32. The molecule has 1 aliphatic carbocycles. The average molecular weight is 278 g/mol. The molecule has 2 rings (SSSR count). The number of rotatable bonds is 7. The summed E-state index contributed by atoms with van der Waals surface area (Å²) in [6.07, 6.45) is 1.33. The Morgan fingerprint density at radius 1 is 1.35 bits per heavy atom. The molecule has 4 heteroatoms. The first-order valence-corrected chi connectivity index (χ1v) is 7.23. The Labute approximate surface area is 121 Å². The van der Waals surface area contributed by atoms with E-state index in [1.165, 1.54) is 6.42 Å². The summed E-state index contributed by atoms with van der Waals surface area (Å²) in [6, 6.07) is 6.06. The highest BCUT2D eigenvalue weighted by Crippen LogP contribution is 2.40. The normalized spacial score (nSPS) is 22.7. The summed E-state index contributed by atoms with van der Waals surface area (Å²) in [4.78, 5) is 2.34. The summed E-state index contributed by atoms with van der Waals surface area (Å²) >= 11 is 0. The van der Waals surface area contributed by atoms with Crippen LogP contribution >= 0.6 is 0 Å². The predicted molar refractivity (Wildman–Crippen MR) is 81.2 cm³/mol. The molecular weight excluding hydrogens is 252 g/mol. The lowest BCUT2D eigenvalue weighted by Gasteiger charge is -2.29. The zero-order valence-corrected chi connectivity index (χ0v) is 12.9. The summed E-state index contributed by atoms with van der Waals surface area (Å²) < 4.78 is 10.8. The molecule has 0 bridgehead atoms. The van der Waals surface area contributed by atoms with E-state index in [4.69, 9.17) is 15.2 Å². The van der Waals surface area contributed by atoms with Crippen molar-refractivity contribution in [2.24, 2.45) is 17.6 Å². The zero-order chi connectivity index (χ0) is 14.7. The number of likely N-dealkylation sites (N-methyl/N-ethyl adjacent to an activating group) is 1. The largest absolute Gasteiger partial charge is 0.497 e. The Hall–Kier alpha value is -1.26. The van der Waals surface area contributed by atoms with Crippen molar-refractivity contribution in [3.63, 3.8) is 0 Å². The number of hydrogen-bond acceptors (Lipinski definition) is 4. The molecule has 0 spiro atoms. The van der Waals surface area contributed by atoms with E-state index < -0.39 is 0 Å². The molecule has 0 heterocycles. The molecule has 0 aromatic heterocycles. The smallest absolute Gasteiger partial charge is 0.123 e. The standard InChI is InChI=1S/C16H26N2O2/c1-11-7-12(11)10-18(2)15(9-17)14-8-13(19-3)5-6-16(14)20-4/h5-6,8,11-12,15H,7,9-10,17H2,1-4H3. The Bertz CT molecular complexity index is 450. The van der Waals surface area contributed by atoms with Gasteiger partial charge in [0.2, 0.25) is 0 Å². The minimum Gasteiger partial charge on any atom is -0.497 e. The Kier molecular flexibility index (Phi) is 4.89. The molecule has 0 saturated heterocycles. The third-order valence-corrected chi connectivity index (χ3v) is 4.35. The molecule has 1 aromatic carbocycles. The number of hydrogen-bond donors (Lipinski definition) is 1. The minimum absolute atomic E-state index is 0.160. The van der Waals surface area contributed by atoms with Gasteiger partial charge in [0.25, 0.3) is 0 Å². The van der Waals surface area contributed by atoms with Crippen LogP contribution in [0.5, 0.6) is 11.5 Å². The highest BCUT2D eigenvalue weighted by atomic mass is 16.5. The quantitative estimate of drug-likeness (QED) is 0.831. The topological polar surface area (TPSA) is 47.7 Å². The van der Waals surface area contributed by atoms with Crippen LogP contribution in [0.15, 0.2) is 18.2 Å². The van der Waals surface area contributed by atoms with E-state index in [9.17, 15) is 0 Å². The van der Waals surface area contributed by atoms with E-state index in [1.54, 1.807) is 14.2 Å². The fraction of sp³-hybridized carbons (Fsp3) is 0.625. The van der Waals surface area contributed by atoms with Crippen molar-refractivity contribution in [1.82, 2.24) is 4.90 Å². The van der Waals surface area contributed by atoms with Gasteiger partial charge >= 0.3 is 0 Å². The number of nitrogens with zero attached hydrogens (tertiary/aromatic N) is 1. The van der Waals surface area contributed by atoms with Crippen LogP contribution in [0.3, 0.4) is 0 Å². The second-order valence-corrected chi connectivity index (χ2v) is 5.77. The first kappa shape index (κ1) is 15.1. The molecule has 20 heavy (non-hydrogen) atoms. The predicted octanol–water partition coefficient (Wildman–Crippen LogP) is 2.29. The van der Waals surface area contributed by atoms with E-state index in [0.29, 0.717) is 6.54 Å². The molecule has 4 nitrogen and oxygen atoms in total. The minimum atomic E-state index is 0.160. The van der Waals surface area contributed by atoms with Crippen molar-refractivity contribution in [2.45, 2.75) is 19.4 Å². The summed E-state index contributed by atoms with van der Waals surface area (Å²) in [5, 5.41) is 0. The van der Waals surface area contributed by atoms with Gasteiger partial charge in [0.15, 0.2) is 0 Å². The summed E-state index contributed by atoms with van der Waals surface area (Å²) in [7, 11) is 5.52. The molecule has 1 aromatic rings. The molecule has 2 N–H and O–H groups in total. The first-order chi connectivity index (χ1) is 9.60. The van der Waals surface area contributed by atoms with Crippen molar-refractivity contribution in [1.29, 1.82) is 0 Å². The Morgan fingerprint density at radius 2 is 2.05 bits per heavy atom. The second-order valence-electron chi connectivity index (χ2n) is 5.77. The first-order valence-electron chi connectivity index (χ1n) is 7.23. The van der Waals surface area contributed by atoms with Gasteiger partial charge in [-0.3, -0.25) is 4.90 Å². The van der Waals surface area contributed by atoms with Crippen molar-refractivity contribution in [3.8, 4) is 11.5 Å². The lowest BCUT2D eigenvalue weighted by atomic mass is 10.0. The van der Waals surface area contributed by atoms with Crippen molar-refractivity contribution >= 4 is 0 Å². The number of benzene rings is 1. The van der Waals surface area contributed by atoms with Gasteiger partial charge in [0.05, 0.1) is 20.3 Å². The highest BCUT2D eigenvalue weighted by molar-refractivity contribution is 5.42. The molecule has 3 atom stereocenters. The number of ether oxygens (including phenoxy) is 2. The van der Waals surface area contributed by atoms with E-state index in [1.807, 2.05) is 18.2 Å². The van der Waals surface area contributed by atoms with Crippen LogP contribution in [-0.4, -0.2) is 39.3 Å². The molecule has 0 amide bonds. The van der Waals surface area contributed by atoms with Gasteiger partial charge in [-0.2, -0.15) is 0 Å². The Morgan fingerprint density at radius 3 is 2.55 bits per heavy atom. The SMILES string of the molecule is COc1ccc(OC)c(C(CN)N(C)CC2CC2C)c1. The highest BCUT2D eigenvalue weighted by Gasteiger charge is 2.35. The van der Waals surface area contributed by atoms with Crippen LogP contribution in [0, 0.1) is 11.8 Å². The number of nitrogens with two attached hydrogens (primary N) is 1. The molecule has 112 valence electrons. The maximum atomic E-state index is 6.01. The third-order valence-electron chi connectivity index (χ3n) is 4.35. The molecule has 0 radical (unpaired) electrons. The molecule has 1 aliphatic rings. The summed E-state index contributed by atoms with van der Waals surface area (Å²) in [5.41, 5.74) is 7.12. The third kappa shape index (κ3) is 3.25. The molecule has 0 aliphatic heterocycles. The molecule has 1 fully saturated rings. The van der Waals surface area contributed by atoms with Gasteiger partial charge in [0.1, 0.15) is 11.5 Å². The maximum Gasteiger partial charge on any atom is 0.123 e. The van der Waals surface area contributed by atoms with E-state index >= 15 is 0 Å². The summed E-state index contributed by atoms with van der Waals surface area (Å²) in [6.45, 7) is 3.96. The molecule has 3 unspecified atom stereocenters. The second kappa shape index (κ2) is 6.46. The molecular formula is C16H26N2O2. The van der Waals surface area contributed by atoms with Gasteiger partial charge in [-0.15, -0.1) is 0 Å². The molecule has 1 saturated carbocycles. The average Bonchev–Trinajstić information content (AvgIpc) is 3.14. The van der Waals surface area contributed by atoms with Crippen LogP contribution in [-0.2, 0) is 0 Å². The Balaban J connectivity index is 2.20. The van der Waals surface area contributed by atoms with Crippen molar-refractivity contribution < 1.29 is 9.47 Å². The van der Waals surface area contributed by atoms with Gasteiger partial charge in [-0.25, -0.2) is 0 Å². The van der Waals surface area contributed by atoms with Gasteiger partial charge in [0, 0.05) is 18.7 Å². The van der Waals surface area contributed by atoms with E-state index in [2.05, 4.69) is 18.9 Å². The lowest BCUT2D eigenvalue weighted by molar-refractivity contribution is 0.231. The van der Waals surface area contributed by atoms with Gasteiger partial charge in [-0.05, 0) is 43.5 Å².